The van der Waals surface area contributed by atoms with Gasteiger partial charge in [-0.3, -0.25) is 4.90 Å². The molecule has 1 atom stereocenters. The Morgan fingerprint density at radius 2 is 1.36 bits per heavy atom. The van der Waals surface area contributed by atoms with Crippen LogP contribution in [0.3, 0.4) is 0 Å². The van der Waals surface area contributed by atoms with E-state index in [0.717, 1.165) is 22.4 Å². The van der Waals surface area contributed by atoms with Crippen molar-refractivity contribution in [3.8, 4) is 0 Å². The monoisotopic (exact) mass is 494 g/mol. The van der Waals surface area contributed by atoms with Crippen LogP contribution in [0.25, 0.3) is 0 Å². The molecule has 0 amide bonds. The van der Waals surface area contributed by atoms with Crippen molar-refractivity contribution >= 4 is 21.7 Å². The molecule has 36 heavy (non-hydrogen) atoms. The first-order valence-electron chi connectivity index (χ1n) is 11.7. The molecule has 4 aromatic carbocycles. The SMILES string of the molecule is Cc1ccc(S(=O)(=O)/N=C2\OC(Cc3ccccc3)=C[C@@H](c3ccccc3)N2c2ccccc2)cc1. The number of amidine groups is 1. The van der Waals surface area contributed by atoms with Gasteiger partial charge in [-0.05, 0) is 48.4 Å². The third-order valence-corrected chi connectivity index (χ3v) is 7.23. The van der Waals surface area contributed by atoms with Gasteiger partial charge in [0.15, 0.2) is 0 Å². The van der Waals surface area contributed by atoms with Crippen LogP contribution in [0.4, 0.5) is 5.69 Å². The van der Waals surface area contributed by atoms with Crippen molar-refractivity contribution in [3.63, 3.8) is 0 Å². The summed E-state index contributed by atoms with van der Waals surface area (Å²) < 4.78 is 37.3. The van der Waals surface area contributed by atoms with Crippen LogP contribution in [0.15, 0.2) is 136 Å². The standard InChI is InChI=1S/C30H26N2O3S/c1-23-17-19-28(20-18-23)36(33,34)31-30-32(26-15-9-4-10-16-26)29(25-13-7-3-8-14-25)22-27(35-30)21-24-11-5-2-6-12-24/h2-20,22,29H,21H2,1H3/b31-30-/t29-/m0/s1. The molecule has 0 bridgehead atoms. The van der Waals surface area contributed by atoms with Crippen LogP contribution >= 0.6 is 0 Å². The Labute approximate surface area is 212 Å². The summed E-state index contributed by atoms with van der Waals surface area (Å²) in [5.41, 5.74) is 3.80. The zero-order chi connectivity index (χ0) is 25.0. The molecule has 0 aliphatic carbocycles. The second kappa shape index (κ2) is 10.2. The first kappa shape index (κ1) is 23.6. The van der Waals surface area contributed by atoms with Crippen LogP contribution in [-0.2, 0) is 21.2 Å². The molecule has 0 aromatic heterocycles. The molecule has 0 radical (unpaired) electrons. The first-order valence-corrected chi connectivity index (χ1v) is 13.2. The molecule has 1 heterocycles. The number of hydrogen-bond donors (Lipinski definition) is 0. The van der Waals surface area contributed by atoms with Crippen molar-refractivity contribution < 1.29 is 13.2 Å². The highest BCUT2D eigenvalue weighted by molar-refractivity contribution is 7.90. The summed E-state index contributed by atoms with van der Waals surface area (Å²) >= 11 is 0. The van der Waals surface area contributed by atoms with Gasteiger partial charge in [-0.2, -0.15) is 8.42 Å². The molecular weight excluding hydrogens is 468 g/mol. The lowest BCUT2D eigenvalue weighted by Crippen LogP contribution is -2.40. The van der Waals surface area contributed by atoms with Crippen molar-refractivity contribution in [2.75, 3.05) is 4.90 Å². The maximum absolute atomic E-state index is 13.4. The number of aryl methyl sites for hydroxylation is 1. The smallest absolute Gasteiger partial charge is 0.314 e. The van der Waals surface area contributed by atoms with Crippen molar-refractivity contribution in [1.29, 1.82) is 0 Å². The molecule has 1 aliphatic rings. The van der Waals surface area contributed by atoms with E-state index >= 15 is 0 Å². The predicted molar refractivity (Wildman–Crippen MR) is 143 cm³/mol. The normalized spacial score (nSPS) is 16.9. The summed E-state index contributed by atoms with van der Waals surface area (Å²) in [7, 11) is -4.03. The quantitative estimate of drug-likeness (QED) is 0.309. The lowest BCUT2D eigenvalue weighted by Gasteiger charge is -2.36. The highest BCUT2D eigenvalue weighted by Crippen LogP contribution is 2.35. The molecular formula is C30H26N2O3S. The number of anilines is 1. The van der Waals surface area contributed by atoms with Crippen molar-refractivity contribution in [1.82, 2.24) is 0 Å². The van der Waals surface area contributed by atoms with Crippen molar-refractivity contribution in [2.45, 2.75) is 24.3 Å². The fraction of sp³-hybridized carbons (Fsp3) is 0.100. The number of benzene rings is 4. The Hall–Kier alpha value is -4.16. The Kier molecular flexibility index (Phi) is 6.69. The molecule has 0 saturated heterocycles. The maximum atomic E-state index is 13.4. The van der Waals surface area contributed by atoms with Gasteiger partial charge in [-0.25, -0.2) is 0 Å². The molecule has 0 N–H and O–H groups in total. The van der Waals surface area contributed by atoms with Gasteiger partial charge < -0.3 is 4.74 Å². The summed E-state index contributed by atoms with van der Waals surface area (Å²) in [6.45, 7) is 1.91. The number of rotatable bonds is 6. The molecule has 5 nitrogen and oxygen atoms in total. The zero-order valence-electron chi connectivity index (χ0n) is 19.9. The average molecular weight is 495 g/mol. The molecule has 0 saturated carbocycles. The van der Waals surface area contributed by atoms with E-state index in [0.29, 0.717) is 12.2 Å². The van der Waals surface area contributed by atoms with Crippen LogP contribution in [-0.4, -0.2) is 14.4 Å². The van der Waals surface area contributed by atoms with E-state index in [1.54, 1.807) is 24.3 Å². The van der Waals surface area contributed by atoms with E-state index in [1.165, 1.54) is 0 Å². The van der Waals surface area contributed by atoms with E-state index in [-0.39, 0.29) is 17.0 Å². The van der Waals surface area contributed by atoms with Crippen LogP contribution in [0.5, 0.6) is 0 Å². The van der Waals surface area contributed by atoms with E-state index in [9.17, 15) is 8.42 Å². The molecule has 0 unspecified atom stereocenters. The fourth-order valence-corrected chi connectivity index (χ4v) is 5.06. The van der Waals surface area contributed by atoms with Crippen LogP contribution < -0.4 is 4.90 Å². The number of nitrogens with zero attached hydrogens (tertiary/aromatic N) is 2. The molecule has 6 heteroatoms. The summed E-state index contributed by atoms with van der Waals surface area (Å²) in [5.74, 6) is 0.639. The van der Waals surface area contributed by atoms with Gasteiger partial charge in [0.05, 0.1) is 10.9 Å². The lowest BCUT2D eigenvalue weighted by atomic mass is 10.0. The number of sulfonamides is 1. The molecule has 5 rings (SSSR count). The third-order valence-electron chi connectivity index (χ3n) is 5.96. The highest BCUT2D eigenvalue weighted by Gasteiger charge is 2.33. The third kappa shape index (κ3) is 5.24. The van der Waals surface area contributed by atoms with Crippen LogP contribution in [0.2, 0.25) is 0 Å². The highest BCUT2D eigenvalue weighted by atomic mass is 32.2. The largest absolute Gasteiger partial charge is 0.429 e. The molecule has 4 aromatic rings. The number of para-hydroxylation sites is 1. The molecule has 180 valence electrons. The zero-order valence-corrected chi connectivity index (χ0v) is 20.7. The van der Waals surface area contributed by atoms with Gasteiger partial charge in [0.2, 0.25) is 0 Å². The maximum Gasteiger partial charge on any atom is 0.314 e. The molecule has 0 fully saturated rings. The van der Waals surface area contributed by atoms with Gasteiger partial charge >= 0.3 is 6.02 Å². The summed E-state index contributed by atoms with van der Waals surface area (Å²) in [4.78, 5) is 1.95. The minimum absolute atomic E-state index is 0.0176. The summed E-state index contributed by atoms with van der Waals surface area (Å²) in [5, 5.41) is 0. The second-order valence-electron chi connectivity index (χ2n) is 8.62. The summed E-state index contributed by atoms with van der Waals surface area (Å²) in [6.07, 6.45) is 2.54. The van der Waals surface area contributed by atoms with E-state index in [1.807, 2.05) is 109 Å². The Morgan fingerprint density at radius 1 is 0.778 bits per heavy atom. The Morgan fingerprint density at radius 3 is 2.00 bits per heavy atom. The predicted octanol–water partition coefficient (Wildman–Crippen LogP) is 6.44. The van der Waals surface area contributed by atoms with Crippen molar-refractivity contribution in [3.05, 3.63) is 144 Å². The van der Waals surface area contributed by atoms with E-state index < -0.39 is 10.0 Å². The minimum atomic E-state index is -4.03. The van der Waals surface area contributed by atoms with Gasteiger partial charge in [-0.15, -0.1) is 4.40 Å². The first-order chi connectivity index (χ1) is 17.5. The summed E-state index contributed by atoms with van der Waals surface area (Å²) in [6, 6.07) is 35.8. The van der Waals surface area contributed by atoms with Crippen molar-refractivity contribution in [2.24, 2.45) is 4.40 Å². The number of allylic oxidation sites excluding steroid dienone is 1. The van der Waals surface area contributed by atoms with E-state index in [2.05, 4.69) is 4.40 Å². The Balaban J connectivity index is 1.66. The van der Waals surface area contributed by atoms with Gasteiger partial charge in [0.25, 0.3) is 10.0 Å². The van der Waals surface area contributed by atoms with Crippen LogP contribution in [0, 0.1) is 6.92 Å². The number of hydrogen-bond acceptors (Lipinski definition) is 3. The molecule has 0 spiro atoms. The Bertz CT molecular complexity index is 1480. The van der Waals surface area contributed by atoms with Gasteiger partial charge in [0.1, 0.15) is 5.76 Å². The second-order valence-corrected chi connectivity index (χ2v) is 10.2. The number of ether oxygens (including phenoxy) is 1. The fourth-order valence-electron chi connectivity index (χ4n) is 4.15. The average Bonchev–Trinajstić information content (AvgIpc) is 2.90. The minimum Gasteiger partial charge on any atom is -0.429 e. The topological polar surface area (TPSA) is 59.0 Å². The van der Waals surface area contributed by atoms with E-state index in [4.69, 9.17) is 4.74 Å². The lowest BCUT2D eigenvalue weighted by molar-refractivity contribution is 0.368. The van der Waals surface area contributed by atoms with Gasteiger partial charge in [0, 0.05) is 12.1 Å². The van der Waals surface area contributed by atoms with Crippen LogP contribution in [0.1, 0.15) is 22.7 Å². The molecule has 1 aliphatic heterocycles. The van der Waals surface area contributed by atoms with Gasteiger partial charge in [-0.1, -0.05) is 96.6 Å².